The second-order valence-corrected chi connectivity index (χ2v) is 5.82. The highest BCUT2D eigenvalue weighted by Crippen LogP contribution is 2.23. The minimum Gasteiger partial charge on any atom is -0.298 e. The molecule has 1 aromatic carbocycles. The monoisotopic (exact) mass is 314 g/mol. The molecule has 2 rings (SSSR count). The lowest BCUT2D eigenvalue weighted by Gasteiger charge is -2.03. The molecule has 88 valence electrons. The summed E-state index contributed by atoms with van der Waals surface area (Å²) in [6, 6.07) is 4.40. The molecule has 3 nitrogen and oxygen atoms in total. The van der Waals surface area contributed by atoms with Gasteiger partial charge in [-0.25, -0.2) is 9.37 Å². The number of hydrogen-bond donors (Lipinski definition) is 1. The lowest BCUT2D eigenvalue weighted by atomic mass is 10.1. The Morgan fingerprint density at radius 2 is 2.29 bits per heavy atom. The Hall–Kier alpha value is -1.27. The van der Waals surface area contributed by atoms with E-state index in [1.165, 1.54) is 23.5 Å². The Balaban J connectivity index is 2.22. The second-order valence-electron chi connectivity index (χ2n) is 3.41. The van der Waals surface area contributed by atoms with Crippen molar-refractivity contribution >= 4 is 38.3 Å². The Bertz CT molecular complexity index is 570. The first-order chi connectivity index (χ1) is 8.06. The van der Waals surface area contributed by atoms with Crippen LogP contribution in [0.4, 0.5) is 9.52 Å². The van der Waals surface area contributed by atoms with Gasteiger partial charge in [-0.2, -0.15) is 0 Å². The van der Waals surface area contributed by atoms with Gasteiger partial charge in [0, 0.05) is 0 Å². The van der Waals surface area contributed by atoms with Crippen LogP contribution in [0.3, 0.4) is 0 Å². The zero-order valence-corrected chi connectivity index (χ0v) is 11.2. The molecule has 0 saturated heterocycles. The third-order valence-corrected chi connectivity index (χ3v) is 3.46. The first-order valence-corrected chi connectivity index (χ1v) is 6.36. The second kappa shape index (κ2) is 4.93. The topological polar surface area (TPSA) is 42.0 Å². The van der Waals surface area contributed by atoms with Gasteiger partial charge in [-0.05, 0) is 35.0 Å². The number of aryl methyl sites for hydroxylation is 1. The minimum atomic E-state index is -0.538. The maximum absolute atomic E-state index is 13.4. The van der Waals surface area contributed by atoms with Gasteiger partial charge in [-0.1, -0.05) is 23.0 Å². The summed E-state index contributed by atoms with van der Waals surface area (Å²) >= 11 is 4.51. The van der Waals surface area contributed by atoms with Crippen LogP contribution >= 0.6 is 27.3 Å². The average Bonchev–Trinajstić information content (AvgIpc) is 2.67. The number of rotatable bonds is 2. The van der Waals surface area contributed by atoms with Gasteiger partial charge in [-0.3, -0.25) is 10.1 Å². The fraction of sp³-hybridized carbons (Fsp3) is 0.0909. The largest absolute Gasteiger partial charge is 0.298 e. The molecule has 0 radical (unpaired) electrons. The van der Waals surface area contributed by atoms with Gasteiger partial charge in [0.25, 0.3) is 5.91 Å². The lowest BCUT2D eigenvalue weighted by Crippen LogP contribution is -2.13. The van der Waals surface area contributed by atoms with E-state index in [4.69, 9.17) is 0 Å². The normalized spacial score (nSPS) is 10.3. The molecule has 0 atom stereocenters. The highest BCUT2D eigenvalue weighted by Gasteiger charge is 2.13. The molecular formula is C11H8BrFN2OS. The first kappa shape index (κ1) is 12.2. The molecule has 17 heavy (non-hydrogen) atoms. The number of anilines is 1. The minimum absolute atomic E-state index is 0.0244. The number of carbonyl (C=O) groups is 1. The van der Waals surface area contributed by atoms with Crippen LogP contribution in [-0.2, 0) is 0 Å². The molecule has 6 heteroatoms. The fourth-order valence-corrected chi connectivity index (χ4v) is 2.39. The summed E-state index contributed by atoms with van der Waals surface area (Å²) in [6.07, 6.45) is 1.58. The highest BCUT2D eigenvalue weighted by atomic mass is 79.9. The summed E-state index contributed by atoms with van der Waals surface area (Å²) in [5.74, 6) is -1.03. The van der Waals surface area contributed by atoms with E-state index in [0.717, 1.165) is 9.35 Å². The third kappa shape index (κ3) is 2.89. The van der Waals surface area contributed by atoms with Crippen molar-refractivity contribution < 1.29 is 9.18 Å². The number of nitrogens with one attached hydrogen (secondary N) is 1. The molecule has 0 bridgehead atoms. The van der Waals surface area contributed by atoms with Crippen LogP contribution in [0, 0.1) is 12.7 Å². The number of halogens is 2. The summed E-state index contributed by atoms with van der Waals surface area (Å²) in [4.78, 5) is 15.7. The van der Waals surface area contributed by atoms with Crippen molar-refractivity contribution in [2.75, 3.05) is 5.32 Å². The van der Waals surface area contributed by atoms with Crippen LogP contribution in [0.15, 0.2) is 28.2 Å². The number of thiazole rings is 1. The third-order valence-electron chi connectivity index (χ3n) is 2.06. The first-order valence-electron chi connectivity index (χ1n) is 4.75. The molecule has 1 heterocycles. The van der Waals surface area contributed by atoms with Gasteiger partial charge in [0.1, 0.15) is 5.82 Å². The Labute approximate surface area is 110 Å². The van der Waals surface area contributed by atoms with E-state index in [-0.39, 0.29) is 5.56 Å². The standard InChI is InChI=1S/C11H8BrFN2OS/c1-6-2-3-8(13)7(4-6)10(16)15-11-14-5-9(12)17-11/h2-5H,1H3,(H,14,15,16). The number of amides is 1. The van der Waals surface area contributed by atoms with Crippen molar-refractivity contribution in [2.45, 2.75) is 6.92 Å². The molecule has 0 spiro atoms. The van der Waals surface area contributed by atoms with Crippen molar-refractivity contribution in [3.63, 3.8) is 0 Å². The molecule has 0 aliphatic carbocycles. The summed E-state index contributed by atoms with van der Waals surface area (Å²) in [5, 5.41) is 2.98. The smallest absolute Gasteiger partial charge is 0.260 e. The fourth-order valence-electron chi connectivity index (χ4n) is 1.29. The van der Waals surface area contributed by atoms with Crippen molar-refractivity contribution in [3.05, 3.63) is 45.1 Å². The van der Waals surface area contributed by atoms with Gasteiger partial charge >= 0.3 is 0 Å². The Morgan fingerprint density at radius 3 is 2.94 bits per heavy atom. The van der Waals surface area contributed by atoms with Crippen molar-refractivity contribution in [3.8, 4) is 0 Å². The number of nitrogens with zero attached hydrogens (tertiary/aromatic N) is 1. The molecular weight excluding hydrogens is 307 g/mol. The van der Waals surface area contributed by atoms with Crippen LogP contribution in [-0.4, -0.2) is 10.9 Å². The molecule has 1 N–H and O–H groups in total. The summed E-state index contributed by atoms with van der Waals surface area (Å²) in [5.41, 5.74) is 0.855. The van der Waals surface area contributed by atoms with E-state index in [9.17, 15) is 9.18 Å². The van der Waals surface area contributed by atoms with Crippen molar-refractivity contribution in [1.82, 2.24) is 4.98 Å². The van der Waals surface area contributed by atoms with Crippen LogP contribution in [0.1, 0.15) is 15.9 Å². The SMILES string of the molecule is Cc1ccc(F)c(C(=O)Nc2ncc(Br)s2)c1. The van der Waals surface area contributed by atoms with Crippen molar-refractivity contribution in [2.24, 2.45) is 0 Å². The van der Waals surface area contributed by atoms with E-state index in [1.807, 2.05) is 0 Å². The molecule has 2 aromatic rings. The predicted molar refractivity (Wildman–Crippen MR) is 68.9 cm³/mol. The zero-order chi connectivity index (χ0) is 12.4. The van der Waals surface area contributed by atoms with Gasteiger partial charge < -0.3 is 0 Å². The lowest BCUT2D eigenvalue weighted by molar-refractivity contribution is 0.102. The van der Waals surface area contributed by atoms with E-state index in [0.29, 0.717) is 5.13 Å². The summed E-state index contributed by atoms with van der Waals surface area (Å²) in [6.45, 7) is 1.80. The van der Waals surface area contributed by atoms with Crippen LogP contribution in [0.5, 0.6) is 0 Å². The van der Waals surface area contributed by atoms with Gasteiger partial charge in [-0.15, -0.1) is 0 Å². The van der Waals surface area contributed by atoms with Crippen LogP contribution in [0.2, 0.25) is 0 Å². The molecule has 1 aromatic heterocycles. The zero-order valence-electron chi connectivity index (χ0n) is 8.83. The number of benzene rings is 1. The molecule has 0 aliphatic heterocycles. The average molecular weight is 315 g/mol. The number of carbonyl (C=O) groups excluding carboxylic acids is 1. The van der Waals surface area contributed by atoms with E-state index in [2.05, 4.69) is 26.2 Å². The Morgan fingerprint density at radius 1 is 1.53 bits per heavy atom. The predicted octanol–water partition coefficient (Wildman–Crippen LogP) is 3.61. The quantitative estimate of drug-likeness (QED) is 0.920. The van der Waals surface area contributed by atoms with Gasteiger partial charge in [0.2, 0.25) is 0 Å². The maximum atomic E-state index is 13.4. The van der Waals surface area contributed by atoms with E-state index in [1.54, 1.807) is 19.2 Å². The molecule has 1 amide bonds. The number of aromatic nitrogens is 1. The molecule has 0 aliphatic rings. The van der Waals surface area contributed by atoms with Crippen molar-refractivity contribution in [1.29, 1.82) is 0 Å². The van der Waals surface area contributed by atoms with Gasteiger partial charge in [0.05, 0.1) is 15.5 Å². The molecule has 0 fully saturated rings. The molecule has 0 saturated carbocycles. The molecule has 0 unspecified atom stereocenters. The van der Waals surface area contributed by atoms with Crippen LogP contribution < -0.4 is 5.32 Å². The Kier molecular flexibility index (Phi) is 3.54. The summed E-state index contributed by atoms with van der Waals surface area (Å²) in [7, 11) is 0. The summed E-state index contributed by atoms with van der Waals surface area (Å²) < 4.78 is 14.2. The van der Waals surface area contributed by atoms with E-state index >= 15 is 0 Å². The van der Waals surface area contributed by atoms with Gasteiger partial charge in [0.15, 0.2) is 5.13 Å². The van der Waals surface area contributed by atoms with E-state index < -0.39 is 11.7 Å². The highest BCUT2D eigenvalue weighted by molar-refractivity contribution is 9.11. The van der Waals surface area contributed by atoms with Crippen LogP contribution in [0.25, 0.3) is 0 Å². The maximum Gasteiger partial charge on any atom is 0.260 e. The number of hydrogen-bond acceptors (Lipinski definition) is 3.